The van der Waals surface area contributed by atoms with Crippen molar-refractivity contribution in [3.63, 3.8) is 0 Å². The second kappa shape index (κ2) is 3.71. The molecule has 0 saturated heterocycles. The Hall–Kier alpha value is -1.70. The standard InChI is InChI=1S/C8H5F3N4S/c9-8(10,11)5-4-6(16)15(14-5)7-12-2-1-3-13-7/h1-4,14H. The van der Waals surface area contributed by atoms with E-state index in [4.69, 9.17) is 12.2 Å². The molecule has 16 heavy (non-hydrogen) atoms. The lowest BCUT2D eigenvalue weighted by Gasteiger charge is -2.02. The molecule has 2 aromatic heterocycles. The van der Waals surface area contributed by atoms with Gasteiger partial charge in [0.15, 0.2) is 0 Å². The normalized spacial score (nSPS) is 11.7. The third kappa shape index (κ3) is 1.96. The average Bonchev–Trinajstić information content (AvgIpc) is 2.61. The number of aromatic nitrogens is 4. The van der Waals surface area contributed by atoms with Crippen LogP contribution in [0.25, 0.3) is 5.95 Å². The van der Waals surface area contributed by atoms with Gasteiger partial charge in [0.2, 0.25) is 5.95 Å². The van der Waals surface area contributed by atoms with Gasteiger partial charge in [-0.2, -0.15) is 13.2 Å². The van der Waals surface area contributed by atoms with E-state index < -0.39 is 11.9 Å². The molecule has 0 aromatic carbocycles. The van der Waals surface area contributed by atoms with Crippen LogP contribution in [0.3, 0.4) is 0 Å². The second-order valence-corrected chi connectivity index (χ2v) is 3.31. The Labute approximate surface area is 92.8 Å². The minimum atomic E-state index is -4.46. The molecular weight excluding hydrogens is 241 g/mol. The molecule has 0 aliphatic heterocycles. The van der Waals surface area contributed by atoms with E-state index in [-0.39, 0.29) is 10.6 Å². The van der Waals surface area contributed by atoms with Crippen molar-refractivity contribution in [3.8, 4) is 5.95 Å². The zero-order valence-corrected chi connectivity index (χ0v) is 8.51. The molecule has 2 aromatic rings. The molecule has 0 spiro atoms. The fourth-order valence-electron chi connectivity index (χ4n) is 1.10. The quantitative estimate of drug-likeness (QED) is 0.785. The molecule has 2 heterocycles. The number of nitrogens with one attached hydrogen (secondary N) is 1. The van der Waals surface area contributed by atoms with Gasteiger partial charge in [-0.1, -0.05) is 12.2 Å². The van der Waals surface area contributed by atoms with Crippen LogP contribution in [-0.2, 0) is 6.18 Å². The Morgan fingerprint density at radius 1 is 1.25 bits per heavy atom. The molecule has 0 amide bonds. The highest BCUT2D eigenvalue weighted by Crippen LogP contribution is 2.28. The monoisotopic (exact) mass is 246 g/mol. The summed E-state index contributed by atoms with van der Waals surface area (Å²) in [4.78, 5) is 7.58. The van der Waals surface area contributed by atoms with Crippen molar-refractivity contribution in [2.45, 2.75) is 6.18 Å². The zero-order valence-electron chi connectivity index (χ0n) is 7.69. The van der Waals surface area contributed by atoms with Gasteiger partial charge < -0.3 is 0 Å². The highest BCUT2D eigenvalue weighted by Gasteiger charge is 2.33. The topological polar surface area (TPSA) is 46.5 Å². The SMILES string of the molecule is FC(F)(F)c1cc(=S)n(-c2ncccn2)[nH]1. The third-order valence-electron chi connectivity index (χ3n) is 1.78. The van der Waals surface area contributed by atoms with Gasteiger partial charge in [0.1, 0.15) is 10.3 Å². The molecule has 0 unspecified atom stereocenters. The van der Waals surface area contributed by atoms with Crippen molar-refractivity contribution in [1.82, 2.24) is 19.7 Å². The first-order valence-corrected chi connectivity index (χ1v) is 4.56. The summed E-state index contributed by atoms with van der Waals surface area (Å²) in [5.41, 5.74) is -0.926. The molecule has 4 nitrogen and oxygen atoms in total. The van der Waals surface area contributed by atoms with E-state index in [1.165, 1.54) is 12.4 Å². The first-order valence-electron chi connectivity index (χ1n) is 4.15. The van der Waals surface area contributed by atoms with Crippen molar-refractivity contribution < 1.29 is 13.2 Å². The first-order chi connectivity index (χ1) is 7.48. The maximum absolute atomic E-state index is 12.4. The summed E-state index contributed by atoms with van der Waals surface area (Å²) in [6.07, 6.45) is -1.63. The molecule has 8 heteroatoms. The van der Waals surface area contributed by atoms with Gasteiger partial charge in [-0.15, -0.1) is 0 Å². The van der Waals surface area contributed by atoms with E-state index in [0.29, 0.717) is 0 Å². The number of rotatable bonds is 1. The molecule has 0 atom stereocenters. The van der Waals surface area contributed by atoms with Crippen LogP contribution in [0.5, 0.6) is 0 Å². The highest BCUT2D eigenvalue weighted by molar-refractivity contribution is 7.71. The van der Waals surface area contributed by atoms with Gasteiger partial charge in [0.05, 0.1) is 0 Å². The van der Waals surface area contributed by atoms with Crippen LogP contribution in [0.15, 0.2) is 24.5 Å². The van der Waals surface area contributed by atoms with Gasteiger partial charge in [-0.05, 0) is 6.07 Å². The molecule has 0 bridgehead atoms. The molecule has 0 radical (unpaired) electrons. The Morgan fingerprint density at radius 3 is 2.38 bits per heavy atom. The minimum absolute atomic E-state index is 0.0291. The highest BCUT2D eigenvalue weighted by atomic mass is 32.1. The minimum Gasteiger partial charge on any atom is -0.286 e. The molecule has 0 aliphatic carbocycles. The number of aromatic amines is 1. The fraction of sp³-hybridized carbons (Fsp3) is 0.125. The lowest BCUT2D eigenvalue weighted by atomic mass is 10.4. The van der Waals surface area contributed by atoms with Crippen LogP contribution in [-0.4, -0.2) is 19.7 Å². The summed E-state index contributed by atoms with van der Waals surface area (Å²) in [6.45, 7) is 0. The van der Waals surface area contributed by atoms with E-state index in [9.17, 15) is 13.2 Å². The second-order valence-electron chi connectivity index (χ2n) is 2.89. The molecule has 0 aliphatic rings. The Morgan fingerprint density at radius 2 is 1.88 bits per heavy atom. The summed E-state index contributed by atoms with van der Waals surface area (Å²) < 4.78 is 38.1. The Kier molecular flexibility index (Phi) is 2.50. The first kappa shape index (κ1) is 10.8. The molecule has 84 valence electrons. The molecular formula is C8H5F3N4S. The molecule has 2 rings (SSSR count). The summed E-state index contributed by atoms with van der Waals surface area (Å²) in [5, 5.41) is 2.10. The van der Waals surface area contributed by atoms with Crippen molar-refractivity contribution in [3.05, 3.63) is 34.9 Å². The van der Waals surface area contributed by atoms with Crippen molar-refractivity contribution >= 4 is 12.2 Å². The fourth-order valence-corrected chi connectivity index (χ4v) is 1.34. The van der Waals surface area contributed by atoms with E-state index >= 15 is 0 Å². The molecule has 0 saturated carbocycles. The van der Waals surface area contributed by atoms with E-state index in [1.54, 1.807) is 6.07 Å². The predicted octanol–water partition coefficient (Wildman–Crippen LogP) is 2.34. The van der Waals surface area contributed by atoms with Crippen LogP contribution in [0.2, 0.25) is 0 Å². The van der Waals surface area contributed by atoms with Crippen LogP contribution in [0, 0.1) is 4.64 Å². The summed E-state index contributed by atoms with van der Waals surface area (Å²) >= 11 is 4.78. The van der Waals surface area contributed by atoms with E-state index in [2.05, 4.69) is 15.1 Å². The summed E-state index contributed by atoms with van der Waals surface area (Å²) in [5.74, 6) is 0.0722. The summed E-state index contributed by atoms with van der Waals surface area (Å²) in [6, 6.07) is 2.38. The van der Waals surface area contributed by atoms with Crippen LogP contribution in [0.1, 0.15) is 5.69 Å². The maximum Gasteiger partial charge on any atom is 0.432 e. The van der Waals surface area contributed by atoms with Crippen LogP contribution >= 0.6 is 12.2 Å². The predicted molar refractivity (Wildman–Crippen MR) is 51.5 cm³/mol. The van der Waals surface area contributed by atoms with Gasteiger partial charge in [-0.3, -0.25) is 5.10 Å². The van der Waals surface area contributed by atoms with Crippen LogP contribution < -0.4 is 0 Å². The molecule has 1 N–H and O–H groups in total. The van der Waals surface area contributed by atoms with Gasteiger partial charge in [-0.25, -0.2) is 14.6 Å². The van der Waals surface area contributed by atoms with E-state index in [1.807, 2.05) is 0 Å². The van der Waals surface area contributed by atoms with Gasteiger partial charge >= 0.3 is 6.18 Å². The maximum atomic E-state index is 12.4. The van der Waals surface area contributed by atoms with E-state index in [0.717, 1.165) is 10.7 Å². The smallest absolute Gasteiger partial charge is 0.286 e. The summed E-state index contributed by atoms with van der Waals surface area (Å²) in [7, 11) is 0. The number of H-pyrrole nitrogens is 1. The largest absolute Gasteiger partial charge is 0.432 e. The van der Waals surface area contributed by atoms with Gasteiger partial charge in [0, 0.05) is 18.5 Å². The lowest BCUT2D eigenvalue weighted by molar-refractivity contribution is -0.141. The lowest BCUT2D eigenvalue weighted by Crippen LogP contribution is -2.08. The number of hydrogen-bond acceptors (Lipinski definition) is 3. The zero-order chi connectivity index (χ0) is 11.8. The number of halogens is 3. The van der Waals surface area contributed by atoms with Crippen LogP contribution in [0.4, 0.5) is 13.2 Å². The van der Waals surface area contributed by atoms with Crippen molar-refractivity contribution in [2.24, 2.45) is 0 Å². The Balaban J connectivity index is 2.53. The third-order valence-corrected chi connectivity index (χ3v) is 2.08. The average molecular weight is 246 g/mol. The number of hydrogen-bond donors (Lipinski definition) is 1. The molecule has 0 fully saturated rings. The number of nitrogens with zero attached hydrogens (tertiary/aromatic N) is 3. The Bertz CT molecular complexity index is 542. The van der Waals surface area contributed by atoms with Crippen molar-refractivity contribution in [1.29, 1.82) is 0 Å². The van der Waals surface area contributed by atoms with Gasteiger partial charge in [0.25, 0.3) is 0 Å². The number of alkyl halides is 3. The van der Waals surface area contributed by atoms with Crippen molar-refractivity contribution in [2.75, 3.05) is 0 Å².